The number of H-pyrrole nitrogens is 1. The van der Waals surface area contributed by atoms with Gasteiger partial charge in [0.15, 0.2) is 0 Å². The van der Waals surface area contributed by atoms with Gasteiger partial charge in [0.1, 0.15) is 17.3 Å². The maximum atomic E-state index is 15.0. The van der Waals surface area contributed by atoms with Gasteiger partial charge in [0, 0.05) is 39.2 Å². The Morgan fingerprint density at radius 2 is 1.86 bits per heavy atom. The van der Waals surface area contributed by atoms with E-state index in [9.17, 15) is 19.1 Å². The molecule has 0 radical (unpaired) electrons. The van der Waals surface area contributed by atoms with E-state index >= 15 is 0 Å². The summed E-state index contributed by atoms with van der Waals surface area (Å²) in [6, 6.07) is 17.3. The SMILES string of the molecule is COc1ccc2[nH]cc(CCN3C(=O)C(=O)C(=C(O)c4ccc(Br)cc4)[C@H]3c3ccccc3F)c2c1. The monoisotopic (exact) mass is 548 g/mol. The Hall–Kier alpha value is -3.91. The molecular formula is C28H22BrFN2O4. The number of ether oxygens (including phenoxy) is 1. The standard InChI is InChI=1S/C28H22BrFN2O4/c1-36-19-10-11-23-21(14-19)17(15-31-23)12-13-32-25(20-4-2-3-5-22(20)30)24(27(34)28(32)35)26(33)16-6-8-18(29)9-7-16/h2-11,14-15,25,31,33H,12-13H2,1H3/t25-/m1/s1. The van der Waals surface area contributed by atoms with Crippen LogP contribution < -0.4 is 4.74 Å². The maximum absolute atomic E-state index is 15.0. The van der Waals surface area contributed by atoms with Crippen molar-refractivity contribution in [1.82, 2.24) is 9.88 Å². The van der Waals surface area contributed by atoms with Crippen LogP contribution in [-0.4, -0.2) is 40.3 Å². The number of aliphatic hydroxyl groups is 1. The lowest BCUT2D eigenvalue weighted by Gasteiger charge is -2.25. The zero-order valence-corrected chi connectivity index (χ0v) is 20.9. The average molecular weight is 549 g/mol. The molecule has 3 aromatic carbocycles. The molecule has 8 heteroatoms. The highest BCUT2D eigenvalue weighted by Crippen LogP contribution is 2.40. The number of aliphatic hydroxyl groups excluding tert-OH is 1. The van der Waals surface area contributed by atoms with Crippen molar-refractivity contribution in [2.75, 3.05) is 13.7 Å². The summed E-state index contributed by atoms with van der Waals surface area (Å²) in [6.07, 6.45) is 2.25. The molecule has 182 valence electrons. The summed E-state index contributed by atoms with van der Waals surface area (Å²) in [5.41, 5.74) is 2.21. The second-order valence-electron chi connectivity index (χ2n) is 8.50. The number of methoxy groups -OCH3 is 1. The van der Waals surface area contributed by atoms with Gasteiger partial charge in [0.05, 0.1) is 18.7 Å². The van der Waals surface area contributed by atoms with Gasteiger partial charge < -0.3 is 19.7 Å². The van der Waals surface area contributed by atoms with E-state index in [0.29, 0.717) is 17.7 Å². The maximum Gasteiger partial charge on any atom is 0.295 e. The van der Waals surface area contributed by atoms with Crippen molar-refractivity contribution < 1.29 is 23.8 Å². The molecule has 1 fully saturated rings. The number of nitrogens with one attached hydrogen (secondary N) is 1. The number of carbonyl (C=O) groups excluding carboxylic acids is 2. The number of carbonyl (C=O) groups is 2. The number of fused-ring (bicyclic) bond motifs is 1. The van der Waals surface area contributed by atoms with Crippen molar-refractivity contribution in [1.29, 1.82) is 0 Å². The van der Waals surface area contributed by atoms with Crippen molar-refractivity contribution in [3.8, 4) is 5.75 Å². The predicted molar refractivity (Wildman–Crippen MR) is 138 cm³/mol. The van der Waals surface area contributed by atoms with Gasteiger partial charge in [0.2, 0.25) is 0 Å². The number of Topliss-reactive ketones (excluding diaryl/α,β-unsaturated/α-hetero) is 1. The fourth-order valence-corrected chi connectivity index (χ4v) is 4.89. The van der Waals surface area contributed by atoms with E-state index in [4.69, 9.17) is 4.74 Å². The zero-order chi connectivity index (χ0) is 25.4. The molecule has 36 heavy (non-hydrogen) atoms. The minimum absolute atomic E-state index is 0.131. The summed E-state index contributed by atoms with van der Waals surface area (Å²) < 4.78 is 21.1. The lowest BCUT2D eigenvalue weighted by atomic mass is 9.95. The van der Waals surface area contributed by atoms with Crippen molar-refractivity contribution in [2.45, 2.75) is 12.5 Å². The molecule has 1 amide bonds. The summed E-state index contributed by atoms with van der Waals surface area (Å²) >= 11 is 3.35. The summed E-state index contributed by atoms with van der Waals surface area (Å²) in [7, 11) is 1.59. The molecule has 2 heterocycles. The van der Waals surface area contributed by atoms with E-state index in [1.807, 2.05) is 24.4 Å². The van der Waals surface area contributed by atoms with E-state index in [1.54, 1.807) is 43.5 Å². The molecule has 1 saturated heterocycles. The Labute approximate surface area is 215 Å². The molecule has 1 aliphatic heterocycles. The third-order valence-corrected chi connectivity index (χ3v) is 6.98. The number of hydrogen-bond acceptors (Lipinski definition) is 4. The number of benzene rings is 3. The van der Waals surface area contributed by atoms with Gasteiger partial charge in [-0.15, -0.1) is 0 Å². The highest BCUT2D eigenvalue weighted by atomic mass is 79.9. The second-order valence-corrected chi connectivity index (χ2v) is 9.41. The van der Waals surface area contributed by atoms with Gasteiger partial charge in [-0.3, -0.25) is 9.59 Å². The van der Waals surface area contributed by atoms with Crippen LogP contribution in [0.5, 0.6) is 5.75 Å². The first-order valence-electron chi connectivity index (χ1n) is 11.3. The van der Waals surface area contributed by atoms with E-state index in [1.165, 1.54) is 17.0 Å². The predicted octanol–water partition coefficient (Wildman–Crippen LogP) is 5.74. The summed E-state index contributed by atoms with van der Waals surface area (Å²) in [5.74, 6) is -1.82. The first-order valence-corrected chi connectivity index (χ1v) is 12.1. The lowest BCUT2D eigenvalue weighted by Crippen LogP contribution is -2.32. The minimum atomic E-state index is -1.06. The van der Waals surface area contributed by atoms with Gasteiger partial charge in [-0.05, 0) is 48.4 Å². The molecule has 4 aromatic rings. The van der Waals surface area contributed by atoms with E-state index in [-0.39, 0.29) is 23.4 Å². The number of nitrogens with zero attached hydrogens (tertiary/aromatic N) is 1. The molecule has 2 N–H and O–H groups in total. The number of halogens is 2. The van der Waals surface area contributed by atoms with Gasteiger partial charge in [-0.2, -0.15) is 0 Å². The summed E-state index contributed by atoms with van der Waals surface area (Å²) in [6.45, 7) is 0.144. The Morgan fingerprint density at radius 3 is 2.58 bits per heavy atom. The first-order chi connectivity index (χ1) is 17.4. The van der Waals surface area contributed by atoms with Crippen LogP contribution in [-0.2, 0) is 16.0 Å². The highest BCUT2D eigenvalue weighted by molar-refractivity contribution is 9.10. The highest BCUT2D eigenvalue weighted by Gasteiger charge is 2.46. The van der Waals surface area contributed by atoms with Crippen molar-refractivity contribution in [3.63, 3.8) is 0 Å². The fourth-order valence-electron chi connectivity index (χ4n) is 4.63. The van der Waals surface area contributed by atoms with Gasteiger partial charge in [0.25, 0.3) is 11.7 Å². The van der Waals surface area contributed by atoms with Crippen LogP contribution in [0.4, 0.5) is 4.39 Å². The third-order valence-electron chi connectivity index (χ3n) is 6.45. The molecule has 0 saturated carbocycles. The van der Waals surface area contributed by atoms with E-state index in [0.717, 1.165) is 20.9 Å². The Kier molecular flexibility index (Phi) is 6.36. The van der Waals surface area contributed by atoms with Crippen LogP contribution >= 0.6 is 15.9 Å². The van der Waals surface area contributed by atoms with Crippen LogP contribution in [0.3, 0.4) is 0 Å². The summed E-state index contributed by atoms with van der Waals surface area (Å²) in [4.78, 5) is 30.9. The quantitative estimate of drug-likeness (QED) is 0.183. The minimum Gasteiger partial charge on any atom is -0.507 e. The molecule has 0 unspecified atom stereocenters. The molecule has 6 nitrogen and oxygen atoms in total. The smallest absolute Gasteiger partial charge is 0.295 e. The average Bonchev–Trinajstić information content (AvgIpc) is 3.40. The Balaban J connectivity index is 1.56. The van der Waals surface area contributed by atoms with Crippen LogP contribution in [0.2, 0.25) is 0 Å². The first kappa shape index (κ1) is 23.8. The zero-order valence-electron chi connectivity index (χ0n) is 19.3. The normalized spacial score (nSPS) is 17.2. The number of hydrogen-bond donors (Lipinski definition) is 2. The number of ketones is 1. The third kappa shape index (κ3) is 4.18. The molecule has 0 spiro atoms. The molecule has 0 bridgehead atoms. The number of likely N-dealkylation sites (tertiary alicyclic amines) is 1. The van der Waals surface area contributed by atoms with Gasteiger partial charge in [-0.1, -0.05) is 46.3 Å². The van der Waals surface area contributed by atoms with Crippen molar-refractivity contribution in [2.24, 2.45) is 0 Å². The number of amides is 1. The Bertz CT molecular complexity index is 1510. The largest absolute Gasteiger partial charge is 0.507 e. The van der Waals surface area contributed by atoms with Crippen molar-refractivity contribution >= 4 is 44.3 Å². The fraction of sp³-hybridized carbons (Fsp3) is 0.143. The lowest BCUT2D eigenvalue weighted by molar-refractivity contribution is -0.139. The number of rotatable bonds is 6. The van der Waals surface area contributed by atoms with Crippen LogP contribution in [0.25, 0.3) is 16.7 Å². The van der Waals surface area contributed by atoms with Crippen molar-refractivity contribution in [3.05, 3.63) is 105 Å². The number of aromatic amines is 1. The molecule has 1 atom stereocenters. The van der Waals surface area contributed by atoms with E-state index in [2.05, 4.69) is 20.9 Å². The molecular weight excluding hydrogens is 527 g/mol. The van der Waals surface area contributed by atoms with Crippen LogP contribution in [0, 0.1) is 5.82 Å². The molecule has 5 rings (SSSR count). The van der Waals surface area contributed by atoms with E-state index < -0.39 is 23.5 Å². The topological polar surface area (TPSA) is 82.6 Å². The van der Waals surface area contributed by atoms with Gasteiger partial charge in [-0.25, -0.2) is 4.39 Å². The molecule has 1 aromatic heterocycles. The Morgan fingerprint density at radius 1 is 1.11 bits per heavy atom. The van der Waals surface area contributed by atoms with Crippen LogP contribution in [0.1, 0.15) is 22.7 Å². The van der Waals surface area contributed by atoms with Crippen LogP contribution in [0.15, 0.2) is 83.0 Å². The molecule has 1 aliphatic rings. The second kappa shape index (κ2) is 9.62. The number of aromatic nitrogens is 1. The summed E-state index contributed by atoms with van der Waals surface area (Å²) in [5, 5.41) is 12.0. The van der Waals surface area contributed by atoms with Gasteiger partial charge >= 0.3 is 0 Å². The molecule has 0 aliphatic carbocycles.